The zero-order chi connectivity index (χ0) is 28.5. The third-order valence-electron chi connectivity index (χ3n) is 13.3. The van der Waals surface area contributed by atoms with Crippen LogP contribution < -0.4 is 0 Å². The summed E-state index contributed by atoms with van der Waals surface area (Å²) in [5, 5.41) is 8.31. The van der Waals surface area contributed by atoms with Gasteiger partial charge in [-0.2, -0.15) is 4.98 Å². The topological polar surface area (TPSA) is 99.1 Å². The molecule has 5 aliphatic rings. The van der Waals surface area contributed by atoms with Gasteiger partial charge in [-0.1, -0.05) is 50.5 Å². The van der Waals surface area contributed by atoms with Gasteiger partial charge in [0.15, 0.2) is 17.4 Å². The highest BCUT2D eigenvalue weighted by atomic mass is 16.5. The van der Waals surface area contributed by atoms with E-state index in [0.29, 0.717) is 11.6 Å². The van der Waals surface area contributed by atoms with Gasteiger partial charge in [-0.05, 0) is 105 Å². The van der Waals surface area contributed by atoms with Crippen LogP contribution in [0.5, 0.6) is 0 Å². The van der Waals surface area contributed by atoms with Crippen molar-refractivity contribution in [2.75, 3.05) is 0 Å². The van der Waals surface area contributed by atoms with Crippen molar-refractivity contribution in [1.82, 2.24) is 15.3 Å². The average Bonchev–Trinajstić information content (AvgIpc) is 3.54. The summed E-state index contributed by atoms with van der Waals surface area (Å²) in [5.41, 5.74) is 0.701. The molecule has 0 amide bonds. The summed E-state index contributed by atoms with van der Waals surface area (Å²) < 4.78 is 11.6. The maximum absolute atomic E-state index is 14.7. The molecule has 0 spiro atoms. The predicted molar refractivity (Wildman–Crippen MR) is 148 cm³/mol. The number of fused-ring (bicyclic) bond motifs is 8. The van der Waals surface area contributed by atoms with E-state index in [1.165, 1.54) is 5.57 Å². The van der Waals surface area contributed by atoms with Crippen LogP contribution in [0, 0.1) is 46.3 Å². The second kappa shape index (κ2) is 7.83. The first-order valence-corrected chi connectivity index (χ1v) is 15.2. The molecule has 0 radical (unpaired) electrons. The third kappa shape index (κ3) is 2.99. The fourth-order valence-corrected chi connectivity index (χ4v) is 11.0. The highest BCUT2D eigenvalue weighted by Gasteiger charge is 2.71. The van der Waals surface area contributed by atoms with Gasteiger partial charge < -0.3 is 13.8 Å². The molecule has 0 saturated heterocycles. The van der Waals surface area contributed by atoms with Crippen molar-refractivity contribution < 1.29 is 18.6 Å². The van der Waals surface area contributed by atoms with E-state index in [-0.39, 0.29) is 50.6 Å². The number of rotatable bonds is 2. The highest BCUT2D eigenvalue weighted by molar-refractivity contribution is 5.95. The lowest BCUT2D eigenvalue weighted by molar-refractivity contribution is -0.162. The van der Waals surface area contributed by atoms with Crippen LogP contribution in [0.15, 0.2) is 26.9 Å². The third-order valence-corrected chi connectivity index (χ3v) is 13.3. The van der Waals surface area contributed by atoms with Crippen molar-refractivity contribution in [2.24, 2.45) is 39.4 Å². The number of carbonyl (C=O) groups is 2. The van der Waals surface area contributed by atoms with Gasteiger partial charge in [-0.25, -0.2) is 0 Å². The maximum atomic E-state index is 14.7. The fourth-order valence-electron chi connectivity index (χ4n) is 11.0. The SMILES string of the molecule is Cc1noc([C@]23CCC(C)(C)C[C@H]2[C@H]2C(=O)C=C4[C@@]5(C)Cc6cnoc6[C@@](C)(C=O)C5CC[C@@]4(C)[C@]2(C)CC3)n1. The molecule has 8 atom stereocenters. The summed E-state index contributed by atoms with van der Waals surface area (Å²) in [6.07, 6.45) is 12.5. The van der Waals surface area contributed by atoms with Crippen LogP contribution in [-0.4, -0.2) is 27.4 Å². The first-order valence-electron chi connectivity index (χ1n) is 15.2. The van der Waals surface area contributed by atoms with E-state index >= 15 is 0 Å². The Kier molecular flexibility index (Phi) is 5.15. The van der Waals surface area contributed by atoms with Crippen molar-refractivity contribution >= 4 is 12.1 Å². The van der Waals surface area contributed by atoms with E-state index in [1.54, 1.807) is 6.20 Å². The van der Waals surface area contributed by atoms with E-state index < -0.39 is 5.41 Å². The fraction of sp³-hybridized carbons (Fsp3) is 0.727. The van der Waals surface area contributed by atoms with E-state index in [4.69, 9.17) is 14.0 Å². The summed E-state index contributed by atoms with van der Waals surface area (Å²) in [4.78, 5) is 32.2. The van der Waals surface area contributed by atoms with Gasteiger partial charge in [-0.15, -0.1) is 0 Å². The molecule has 0 aliphatic heterocycles. The number of hydrogen-bond acceptors (Lipinski definition) is 7. The van der Waals surface area contributed by atoms with Crippen LogP contribution >= 0.6 is 0 Å². The monoisotopic (exact) mass is 545 g/mol. The summed E-state index contributed by atoms with van der Waals surface area (Å²) >= 11 is 0. The van der Waals surface area contributed by atoms with Crippen LogP contribution in [0.2, 0.25) is 0 Å². The Balaban J connectivity index is 1.39. The molecule has 1 unspecified atom stereocenters. The van der Waals surface area contributed by atoms with Gasteiger partial charge in [0.05, 0.1) is 17.0 Å². The minimum Gasteiger partial charge on any atom is -0.360 e. The summed E-state index contributed by atoms with van der Waals surface area (Å²) in [7, 11) is 0. The number of aromatic nitrogens is 3. The highest BCUT2D eigenvalue weighted by Crippen LogP contribution is 2.74. The number of carbonyl (C=O) groups excluding carboxylic acids is 2. The summed E-state index contributed by atoms with van der Waals surface area (Å²) in [6.45, 7) is 15.7. The van der Waals surface area contributed by atoms with Gasteiger partial charge in [0.2, 0.25) is 5.89 Å². The molecular weight excluding hydrogens is 502 g/mol. The Morgan fingerprint density at radius 3 is 2.45 bits per heavy atom. The molecule has 7 heteroatoms. The second-order valence-corrected chi connectivity index (χ2v) is 15.7. The van der Waals surface area contributed by atoms with Crippen LogP contribution in [-0.2, 0) is 26.8 Å². The number of aldehydes is 1. The standard InChI is InChI=1S/C33H43N3O4/c1-19-35-27(40-36-19)33-12-10-28(2,3)16-21(33)25-22(38)14-24-29(4)15-20-17-34-39-26(20)30(5,18-37)23(29)8-9-31(24,6)32(25,7)11-13-33/h14,17-18,21,23,25H,8-13,15-16H2,1-7H3/t21-,23?,25-,29-,30-,31+,32+,33-/m0/s1. The number of allylic oxidation sites excluding steroid dienone is 2. The molecule has 0 aromatic carbocycles. The Bertz CT molecular complexity index is 1450. The quantitative estimate of drug-likeness (QED) is 0.398. The Labute approximate surface area is 236 Å². The number of hydrogen-bond donors (Lipinski definition) is 0. The molecule has 3 fully saturated rings. The van der Waals surface area contributed by atoms with Crippen molar-refractivity contribution in [2.45, 2.75) is 111 Å². The van der Waals surface area contributed by atoms with Crippen molar-refractivity contribution in [3.63, 3.8) is 0 Å². The molecule has 2 aromatic heterocycles. The van der Waals surface area contributed by atoms with Gasteiger partial charge in [0, 0.05) is 11.5 Å². The van der Waals surface area contributed by atoms with E-state index in [0.717, 1.165) is 69.1 Å². The molecule has 5 aliphatic carbocycles. The molecule has 2 aromatic rings. The zero-order valence-electron chi connectivity index (χ0n) is 25.1. The molecule has 40 heavy (non-hydrogen) atoms. The molecule has 7 rings (SSSR count). The Morgan fingerprint density at radius 1 is 1.00 bits per heavy atom. The minimum atomic E-state index is -0.757. The van der Waals surface area contributed by atoms with Crippen molar-refractivity contribution in [3.05, 3.63) is 40.9 Å². The molecule has 0 bridgehead atoms. The first kappa shape index (κ1) is 26.3. The molecule has 7 nitrogen and oxygen atoms in total. The lowest BCUT2D eigenvalue weighted by Gasteiger charge is -2.69. The van der Waals surface area contributed by atoms with Crippen LogP contribution in [0.3, 0.4) is 0 Å². The number of ketones is 1. The largest absolute Gasteiger partial charge is 0.360 e. The zero-order valence-corrected chi connectivity index (χ0v) is 25.1. The van der Waals surface area contributed by atoms with E-state index in [2.05, 4.69) is 44.9 Å². The van der Waals surface area contributed by atoms with Crippen molar-refractivity contribution in [3.8, 4) is 0 Å². The molecule has 214 valence electrons. The van der Waals surface area contributed by atoms with Crippen LogP contribution in [0.4, 0.5) is 0 Å². The summed E-state index contributed by atoms with van der Waals surface area (Å²) in [6, 6.07) is 0. The molecule has 0 N–H and O–H groups in total. The van der Waals surface area contributed by atoms with Crippen LogP contribution in [0.25, 0.3) is 0 Å². The van der Waals surface area contributed by atoms with E-state index in [9.17, 15) is 9.59 Å². The Hall–Kier alpha value is -2.57. The Morgan fingerprint density at radius 2 is 1.75 bits per heavy atom. The minimum absolute atomic E-state index is 0.0582. The normalized spacial score (nSPS) is 45.3. The van der Waals surface area contributed by atoms with Gasteiger partial charge in [0.25, 0.3) is 0 Å². The first-order chi connectivity index (χ1) is 18.7. The summed E-state index contributed by atoms with van der Waals surface area (Å²) in [5.74, 6) is 2.48. The smallest absolute Gasteiger partial charge is 0.233 e. The van der Waals surface area contributed by atoms with Gasteiger partial charge in [-0.3, -0.25) is 4.79 Å². The molecular formula is C33H43N3O4. The lowest BCUT2D eigenvalue weighted by Crippen LogP contribution is -2.66. The number of aryl methyl sites for hydroxylation is 1. The van der Waals surface area contributed by atoms with E-state index in [1.807, 2.05) is 19.9 Å². The maximum Gasteiger partial charge on any atom is 0.233 e. The molecule has 2 heterocycles. The second-order valence-electron chi connectivity index (χ2n) is 15.7. The van der Waals surface area contributed by atoms with Gasteiger partial charge in [0.1, 0.15) is 6.29 Å². The average molecular weight is 546 g/mol. The molecule has 3 saturated carbocycles. The van der Waals surface area contributed by atoms with Crippen molar-refractivity contribution in [1.29, 1.82) is 0 Å². The number of nitrogens with zero attached hydrogens (tertiary/aromatic N) is 3. The van der Waals surface area contributed by atoms with Crippen LogP contribution in [0.1, 0.15) is 110 Å². The van der Waals surface area contributed by atoms with Gasteiger partial charge >= 0.3 is 0 Å². The lowest BCUT2D eigenvalue weighted by atomic mass is 9.34. The predicted octanol–water partition coefficient (Wildman–Crippen LogP) is 6.49.